The van der Waals surface area contributed by atoms with E-state index in [0.717, 1.165) is 41.4 Å². The van der Waals surface area contributed by atoms with Crippen LogP contribution in [0.25, 0.3) is 0 Å². The van der Waals surface area contributed by atoms with Gasteiger partial charge in [0.15, 0.2) is 0 Å². The summed E-state index contributed by atoms with van der Waals surface area (Å²) < 4.78 is 5.59. The average molecular weight is 176 g/mol. The van der Waals surface area contributed by atoms with Gasteiger partial charge in [-0.3, -0.25) is 4.79 Å². The van der Waals surface area contributed by atoms with Gasteiger partial charge in [0, 0.05) is 24.7 Å². The first-order chi connectivity index (χ1) is 6.27. The fourth-order valence-corrected chi connectivity index (χ4v) is 6.23. The summed E-state index contributed by atoms with van der Waals surface area (Å²) in [5.41, 5.74) is 0.124. The van der Waals surface area contributed by atoms with E-state index >= 15 is 0 Å². The predicted octanol–water partition coefficient (Wildman–Crippen LogP) is 1.06. The average Bonchev–Trinajstić information content (AvgIpc) is 2.31. The van der Waals surface area contributed by atoms with Crippen molar-refractivity contribution in [2.24, 2.45) is 41.4 Å². The zero-order valence-electron chi connectivity index (χ0n) is 7.57. The Morgan fingerprint density at radius 2 is 1.92 bits per heavy atom. The van der Waals surface area contributed by atoms with Gasteiger partial charge in [0.05, 0.1) is 0 Å². The molecule has 2 bridgehead atoms. The van der Waals surface area contributed by atoms with Crippen LogP contribution >= 0.6 is 0 Å². The lowest BCUT2D eigenvalue weighted by Gasteiger charge is -2.89. The Labute approximate surface area is 76.6 Å². The molecule has 0 aromatic carbocycles. The van der Waals surface area contributed by atoms with E-state index in [0.29, 0.717) is 0 Å². The van der Waals surface area contributed by atoms with Crippen LogP contribution in [0.5, 0.6) is 0 Å². The van der Waals surface area contributed by atoms with Crippen molar-refractivity contribution in [3.05, 3.63) is 0 Å². The van der Waals surface area contributed by atoms with Crippen molar-refractivity contribution in [3.8, 4) is 0 Å². The SMILES string of the molecule is CC(=O)OC12C3C4CC5C3C1C5C42. The molecule has 6 rings (SSSR count). The van der Waals surface area contributed by atoms with Gasteiger partial charge >= 0.3 is 5.97 Å². The number of carbonyl (C=O) groups excluding carboxylic acids is 1. The molecule has 0 radical (unpaired) electrons. The third-order valence-corrected chi connectivity index (χ3v) is 6.00. The minimum Gasteiger partial charge on any atom is -0.458 e. The zero-order chi connectivity index (χ0) is 8.53. The number of esters is 1. The maximum absolute atomic E-state index is 11.0. The highest BCUT2D eigenvalue weighted by Crippen LogP contribution is 2.96. The maximum Gasteiger partial charge on any atom is 0.303 e. The second-order valence-electron chi connectivity index (χ2n) is 5.74. The van der Waals surface area contributed by atoms with E-state index in [2.05, 4.69) is 0 Å². The van der Waals surface area contributed by atoms with E-state index in [1.807, 2.05) is 0 Å². The summed E-state index contributed by atoms with van der Waals surface area (Å²) in [6.07, 6.45) is 1.48. The van der Waals surface area contributed by atoms with Gasteiger partial charge in [-0.05, 0) is 30.1 Å². The van der Waals surface area contributed by atoms with E-state index in [9.17, 15) is 4.79 Å². The molecule has 0 saturated heterocycles. The second kappa shape index (κ2) is 1.27. The summed E-state index contributed by atoms with van der Waals surface area (Å²) in [6, 6.07) is 0. The first-order valence-corrected chi connectivity index (χ1v) is 5.46. The van der Waals surface area contributed by atoms with Crippen LogP contribution in [0, 0.1) is 41.4 Å². The van der Waals surface area contributed by atoms with Crippen LogP contribution in [0.4, 0.5) is 0 Å². The summed E-state index contributed by atoms with van der Waals surface area (Å²) in [7, 11) is 0. The molecule has 4 unspecified atom stereocenters. The second-order valence-corrected chi connectivity index (χ2v) is 5.74. The van der Waals surface area contributed by atoms with Gasteiger partial charge in [0.25, 0.3) is 0 Å². The molecule has 2 nitrogen and oxygen atoms in total. The van der Waals surface area contributed by atoms with Gasteiger partial charge in [0.2, 0.25) is 0 Å². The molecule has 68 valence electrons. The number of hydrogen-bond acceptors (Lipinski definition) is 2. The Kier molecular flexibility index (Phi) is 0.591. The van der Waals surface area contributed by atoms with Crippen molar-refractivity contribution < 1.29 is 9.53 Å². The highest BCUT2D eigenvalue weighted by atomic mass is 16.6. The molecule has 0 aliphatic heterocycles. The van der Waals surface area contributed by atoms with Crippen molar-refractivity contribution >= 4 is 5.97 Å². The van der Waals surface area contributed by atoms with Crippen LogP contribution in [0.1, 0.15) is 13.3 Å². The number of hydrogen-bond donors (Lipinski definition) is 0. The van der Waals surface area contributed by atoms with Crippen molar-refractivity contribution in [3.63, 3.8) is 0 Å². The van der Waals surface area contributed by atoms with Crippen LogP contribution in [-0.4, -0.2) is 11.6 Å². The predicted molar refractivity (Wildman–Crippen MR) is 43.5 cm³/mol. The zero-order valence-corrected chi connectivity index (χ0v) is 7.57. The Hall–Kier alpha value is -0.530. The Bertz CT molecular complexity index is 337. The van der Waals surface area contributed by atoms with Crippen molar-refractivity contribution in [1.29, 1.82) is 0 Å². The van der Waals surface area contributed by atoms with Crippen LogP contribution in [0.2, 0.25) is 0 Å². The fraction of sp³-hybridized carbons (Fsp3) is 0.909. The summed E-state index contributed by atoms with van der Waals surface area (Å²) in [6.45, 7) is 1.57. The van der Waals surface area contributed by atoms with E-state index in [1.54, 1.807) is 6.92 Å². The molecule has 0 aromatic heterocycles. The smallest absolute Gasteiger partial charge is 0.303 e. The quantitative estimate of drug-likeness (QED) is 0.558. The summed E-state index contributed by atoms with van der Waals surface area (Å²) in [4.78, 5) is 11.0. The molecular formula is C11H12O2. The highest BCUT2D eigenvalue weighted by Gasteiger charge is 2.99. The largest absolute Gasteiger partial charge is 0.458 e. The van der Waals surface area contributed by atoms with Crippen LogP contribution in [-0.2, 0) is 9.53 Å². The van der Waals surface area contributed by atoms with Gasteiger partial charge in [0.1, 0.15) is 5.60 Å². The molecule has 13 heavy (non-hydrogen) atoms. The molecule has 6 aliphatic carbocycles. The Balaban J connectivity index is 1.61. The van der Waals surface area contributed by atoms with Crippen molar-refractivity contribution in [1.82, 2.24) is 0 Å². The molecule has 0 heterocycles. The van der Waals surface area contributed by atoms with Gasteiger partial charge in [-0.25, -0.2) is 0 Å². The van der Waals surface area contributed by atoms with Gasteiger partial charge < -0.3 is 4.74 Å². The molecule has 0 amide bonds. The Morgan fingerprint density at radius 1 is 1.23 bits per heavy atom. The fourth-order valence-electron chi connectivity index (χ4n) is 6.23. The lowest BCUT2D eigenvalue weighted by atomic mass is 9.17. The highest BCUT2D eigenvalue weighted by molar-refractivity contribution is 5.68. The molecule has 6 aliphatic rings. The van der Waals surface area contributed by atoms with E-state index in [4.69, 9.17) is 4.74 Å². The third kappa shape index (κ3) is 0.301. The Morgan fingerprint density at radius 3 is 2.46 bits per heavy atom. The lowest BCUT2D eigenvalue weighted by molar-refractivity contribution is -0.467. The topological polar surface area (TPSA) is 26.3 Å². The molecular weight excluding hydrogens is 164 g/mol. The van der Waals surface area contributed by atoms with E-state index in [-0.39, 0.29) is 11.6 Å². The van der Waals surface area contributed by atoms with E-state index in [1.165, 1.54) is 6.42 Å². The number of carbonyl (C=O) groups is 1. The molecule has 6 fully saturated rings. The minimum absolute atomic E-state index is 0.0456. The lowest BCUT2D eigenvalue weighted by Crippen LogP contribution is -2.93. The van der Waals surface area contributed by atoms with Crippen LogP contribution in [0.3, 0.4) is 0 Å². The summed E-state index contributed by atoms with van der Waals surface area (Å²) in [5.74, 6) is 6.47. The summed E-state index contributed by atoms with van der Waals surface area (Å²) in [5, 5.41) is 0. The van der Waals surface area contributed by atoms with Gasteiger partial charge in [-0.15, -0.1) is 0 Å². The molecule has 2 heteroatoms. The molecule has 0 spiro atoms. The van der Waals surface area contributed by atoms with Crippen LogP contribution < -0.4 is 0 Å². The molecule has 6 saturated carbocycles. The van der Waals surface area contributed by atoms with Gasteiger partial charge in [-0.2, -0.15) is 0 Å². The van der Waals surface area contributed by atoms with Crippen molar-refractivity contribution in [2.75, 3.05) is 0 Å². The number of ether oxygens (including phenoxy) is 1. The molecule has 0 N–H and O–H groups in total. The minimum atomic E-state index is -0.0456. The maximum atomic E-state index is 11.0. The normalized spacial score (nSPS) is 77.2. The standard InChI is InChI=1S/C11H12O2/c1-3(12)13-11-8-5-2-4-6(8)10(11)7(4)9(5)11/h4-10H,2H2,1H3. The molecule has 4 atom stereocenters. The number of rotatable bonds is 1. The first-order valence-electron chi connectivity index (χ1n) is 5.46. The van der Waals surface area contributed by atoms with Crippen molar-refractivity contribution in [2.45, 2.75) is 18.9 Å². The summed E-state index contributed by atoms with van der Waals surface area (Å²) >= 11 is 0. The first kappa shape index (κ1) is 6.05. The van der Waals surface area contributed by atoms with Crippen LogP contribution in [0.15, 0.2) is 0 Å². The third-order valence-electron chi connectivity index (χ3n) is 6.00. The van der Waals surface area contributed by atoms with Gasteiger partial charge in [-0.1, -0.05) is 0 Å². The molecule has 0 aromatic rings. The van der Waals surface area contributed by atoms with E-state index < -0.39 is 0 Å². The monoisotopic (exact) mass is 176 g/mol.